The van der Waals surface area contributed by atoms with Crippen molar-refractivity contribution in [3.63, 3.8) is 0 Å². The number of hydrogen-bond donors (Lipinski definition) is 3. The molecule has 0 aromatic carbocycles. The maximum atomic E-state index is 5.44. The van der Waals surface area contributed by atoms with Gasteiger partial charge in [-0.3, -0.25) is 4.99 Å². The fourth-order valence-corrected chi connectivity index (χ4v) is 1.45. The molecule has 0 unspecified atom stereocenters. The Bertz CT molecular complexity index is 273. The first-order valence-electron chi connectivity index (χ1n) is 4.76. The van der Waals surface area contributed by atoms with Gasteiger partial charge in [-0.2, -0.15) is 4.99 Å². The predicted octanol–water partition coefficient (Wildman–Crippen LogP) is 0.0749. The summed E-state index contributed by atoms with van der Waals surface area (Å²) in [5, 5.41) is 0. The van der Waals surface area contributed by atoms with Crippen molar-refractivity contribution in [2.45, 2.75) is 25.7 Å². The van der Waals surface area contributed by atoms with Crippen molar-refractivity contribution in [2.24, 2.45) is 27.2 Å². The van der Waals surface area contributed by atoms with Gasteiger partial charge >= 0.3 is 0 Å². The number of guanidine groups is 2. The van der Waals surface area contributed by atoms with Crippen molar-refractivity contribution in [1.29, 1.82) is 0 Å². The highest BCUT2D eigenvalue weighted by Gasteiger charge is 2.02. The summed E-state index contributed by atoms with van der Waals surface area (Å²) in [6.07, 6.45) is 6.88. The zero-order chi connectivity index (χ0) is 10.4. The number of rotatable bonds is 3. The van der Waals surface area contributed by atoms with E-state index in [1.165, 1.54) is 24.8 Å². The minimum absolute atomic E-state index is 0.0497. The molecule has 0 aromatic heterocycles. The number of nitrogens with zero attached hydrogens (tertiary/aromatic N) is 2. The Balaban J connectivity index is 2.28. The molecule has 0 fully saturated rings. The summed E-state index contributed by atoms with van der Waals surface area (Å²) >= 11 is 0. The molecule has 5 heteroatoms. The van der Waals surface area contributed by atoms with Crippen LogP contribution < -0.4 is 17.2 Å². The van der Waals surface area contributed by atoms with Gasteiger partial charge in [-0.05, 0) is 25.7 Å². The van der Waals surface area contributed by atoms with Crippen LogP contribution in [-0.2, 0) is 0 Å². The molecule has 0 spiro atoms. The zero-order valence-corrected chi connectivity index (χ0v) is 8.24. The minimum Gasteiger partial charge on any atom is -0.370 e. The van der Waals surface area contributed by atoms with Crippen LogP contribution in [-0.4, -0.2) is 18.5 Å². The van der Waals surface area contributed by atoms with Crippen LogP contribution in [0.1, 0.15) is 25.7 Å². The highest BCUT2D eigenvalue weighted by molar-refractivity contribution is 5.92. The summed E-state index contributed by atoms with van der Waals surface area (Å²) in [6.45, 7) is 0.661. The molecule has 0 aliphatic heterocycles. The molecular formula is C9H17N5. The lowest BCUT2D eigenvalue weighted by Gasteiger charge is -1.98. The number of hydrogen-bond acceptors (Lipinski definition) is 1. The first-order valence-corrected chi connectivity index (χ1v) is 4.76. The van der Waals surface area contributed by atoms with E-state index in [-0.39, 0.29) is 11.9 Å². The average Bonchev–Trinajstić information content (AvgIpc) is 2.55. The van der Waals surface area contributed by atoms with E-state index in [2.05, 4.69) is 16.1 Å². The second-order valence-electron chi connectivity index (χ2n) is 3.28. The molecule has 0 aromatic rings. The summed E-state index contributed by atoms with van der Waals surface area (Å²) in [4.78, 5) is 7.66. The molecule has 0 saturated carbocycles. The summed E-state index contributed by atoms with van der Waals surface area (Å²) < 4.78 is 0. The first kappa shape index (κ1) is 10.6. The second-order valence-corrected chi connectivity index (χ2v) is 3.28. The van der Waals surface area contributed by atoms with Gasteiger partial charge in [0, 0.05) is 6.54 Å². The van der Waals surface area contributed by atoms with Gasteiger partial charge in [0.25, 0.3) is 0 Å². The monoisotopic (exact) mass is 195 g/mol. The van der Waals surface area contributed by atoms with Gasteiger partial charge in [0.05, 0.1) is 0 Å². The van der Waals surface area contributed by atoms with Gasteiger partial charge in [0.15, 0.2) is 5.96 Å². The Labute approximate surface area is 83.8 Å². The third-order valence-electron chi connectivity index (χ3n) is 2.09. The standard InChI is InChI=1S/C9H17N5/c10-8(11)14-9(12)13-6-5-7-3-1-2-4-7/h3H,1-2,4-6H2,(H6,10,11,12,13,14). The lowest BCUT2D eigenvalue weighted by atomic mass is 10.2. The quantitative estimate of drug-likeness (QED) is 0.337. The molecule has 1 rings (SSSR count). The summed E-state index contributed by atoms with van der Waals surface area (Å²) in [5.74, 6) is 0.106. The molecule has 0 bridgehead atoms. The molecule has 5 nitrogen and oxygen atoms in total. The normalized spacial score (nSPS) is 16.6. The van der Waals surface area contributed by atoms with Crippen molar-refractivity contribution in [3.05, 3.63) is 11.6 Å². The largest absolute Gasteiger partial charge is 0.370 e. The van der Waals surface area contributed by atoms with Gasteiger partial charge in [-0.25, -0.2) is 0 Å². The molecule has 78 valence electrons. The molecule has 0 amide bonds. The van der Waals surface area contributed by atoms with E-state index in [4.69, 9.17) is 17.2 Å². The van der Waals surface area contributed by atoms with Crippen molar-refractivity contribution < 1.29 is 0 Å². The zero-order valence-electron chi connectivity index (χ0n) is 8.24. The Kier molecular flexibility index (Phi) is 3.97. The minimum atomic E-state index is -0.0497. The molecule has 1 aliphatic rings. The van der Waals surface area contributed by atoms with Crippen molar-refractivity contribution >= 4 is 11.9 Å². The van der Waals surface area contributed by atoms with Crippen LogP contribution in [0.15, 0.2) is 21.6 Å². The van der Waals surface area contributed by atoms with Crippen LogP contribution in [0, 0.1) is 0 Å². The highest BCUT2D eigenvalue weighted by Crippen LogP contribution is 2.20. The van der Waals surface area contributed by atoms with E-state index < -0.39 is 0 Å². The number of nitrogens with two attached hydrogens (primary N) is 3. The topological polar surface area (TPSA) is 103 Å². The van der Waals surface area contributed by atoms with Crippen molar-refractivity contribution in [3.8, 4) is 0 Å². The summed E-state index contributed by atoms with van der Waals surface area (Å²) in [5.41, 5.74) is 17.2. The van der Waals surface area contributed by atoms with Crippen molar-refractivity contribution in [2.75, 3.05) is 6.54 Å². The van der Waals surface area contributed by atoms with Gasteiger partial charge in [-0.15, -0.1) is 0 Å². The maximum absolute atomic E-state index is 5.44. The number of allylic oxidation sites excluding steroid dienone is 1. The van der Waals surface area contributed by atoms with Crippen LogP contribution in [0.4, 0.5) is 0 Å². The smallest absolute Gasteiger partial charge is 0.218 e. The van der Waals surface area contributed by atoms with Gasteiger partial charge in [0.2, 0.25) is 5.96 Å². The van der Waals surface area contributed by atoms with Crippen LogP contribution in [0.5, 0.6) is 0 Å². The van der Waals surface area contributed by atoms with E-state index in [0.29, 0.717) is 6.54 Å². The number of aliphatic imine (C=N–C) groups is 2. The summed E-state index contributed by atoms with van der Waals surface area (Å²) in [6, 6.07) is 0. The van der Waals surface area contributed by atoms with E-state index in [1.54, 1.807) is 0 Å². The Hall–Kier alpha value is -1.52. The maximum Gasteiger partial charge on any atom is 0.218 e. The van der Waals surface area contributed by atoms with E-state index in [1.807, 2.05) is 0 Å². The van der Waals surface area contributed by atoms with Gasteiger partial charge in [-0.1, -0.05) is 11.6 Å². The van der Waals surface area contributed by atoms with E-state index in [9.17, 15) is 0 Å². The fraction of sp³-hybridized carbons (Fsp3) is 0.556. The van der Waals surface area contributed by atoms with E-state index in [0.717, 1.165) is 6.42 Å². The Morgan fingerprint density at radius 3 is 2.71 bits per heavy atom. The second kappa shape index (κ2) is 5.26. The Morgan fingerprint density at radius 1 is 1.36 bits per heavy atom. The third-order valence-corrected chi connectivity index (χ3v) is 2.09. The lowest BCUT2D eigenvalue weighted by Crippen LogP contribution is -2.26. The van der Waals surface area contributed by atoms with E-state index >= 15 is 0 Å². The molecule has 0 radical (unpaired) electrons. The molecular weight excluding hydrogens is 178 g/mol. The van der Waals surface area contributed by atoms with Crippen molar-refractivity contribution in [1.82, 2.24) is 0 Å². The SMILES string of the molecule is NC(N)=NC(N)=NCCC1=CCCC1. The fourth-order valence-electron chi connectivity index (χ4n) is 1.45. The molecule has 0 heterocycles. The molecule has 14 heavy (non-hydrogen) atoms. The first-order chi connectivity index (χ1) is 6.68. The van der Waals surface area contributed by atoms with Crippen LogP contribution in [0.2, 0.25) is 0 Å². The highest BCUT2D eigenvalue weighted by atomic mass is 15.1. The average molecular weight is 195 g/mol. The Morgan fingerprint density at radius 2 is 2.14 bits per heavy atom. The van der Waals surface area contributed by atoms with Crippen LogP contribution in [0.3, 0.4) is 0 Å². The van der Waals surface area contributed by atoms with Crippen LogP contribution >= 0.6 is 0 Å². The molecule has 1 aliphatic carbocycles. The summed E-state index contributed by atoms with van der Waals surface area (Å²) in [7, 11) is 0. The molecule has 6 N–H and O–H groups in total. The van der Waals surface area contributed by atoms with Crippen LogP contribution in [0.25, 0.3) is 0 Å². The lowest BCUT2D eigenvalue weighted by molar-refractivity contribution is 0.849. The van der Waals surface area contributed by atoms with Gasteiger partial charge in [0.1, 0.15) is 0 Å². The predicted molar refractivity (Wildman–Crippen MR) is 58.9 cm³/mol. The van der Waals surface area contributed by atoms with Gasteiger partial charge < -0.3 is 17.2 Å². The molecule has 0 saturated heterocycles. The molecule has 0 atom stereocenters. The third kappa shape index (κ3) is 3.93.